The number of methoxy groups -OCH3 is 1. The van der Waals surface area contributed by atoms with E-state index in [1.165, 1.54) is 11.5 Å². The fourth-order valence-corrected chi connectivity index (χ4v) is 5.04. The molecule has 2 aromatic rings. The third-order valence-electron chi connectivity index (χ3n) is 5.61. The minimum atomic E-state index is -0.0689. The summed E-state index contributed by atoms with van der Waals surface area (Å²) in [5.74, 6) is 3.69. The molecule has 0 bridgehead atoms. The van der Waals surface area contributed by atoms with E-state index >= 15 is 0 Å². The molecule has 1 amide bonds. The van der Waals surface area contributed by atoms with Gasteiger partial charge in [0, 0.05) is 54.8 Å². The highest BCUT2D eigenvalue weighted by Gasteiger charge is 2.26. The van der Waals surface area contributed by atoms with Crippen molar-refractivity contribution in [3.8, 4) is 11.5 Å². The number of amides is 1. The number of nitrogens with zero attached hydrogens (tertiary/aromatic N) is 2. The molecule has 2 aliphatic heterocycles. The lowest BCUT2D eigenvalue weighted by molar-refractivity contribution is -0.114. The van der Waals surface area contributed by atoms with E-state index < -0.39 is 0 Å². The summed E-state index contributed by atoms with van der Waals surface area (Å²) in [4.78, 5) is 17.1. The number of halogens is 1. The van der Waals surface area contributed by atoms with Crippen molar-refractivity contribution in [2.24, 2.45) is 0 Å². The Balaban J connectivity index is 1.46. The van der Waals surface area contributed by atoms with Crippen molar-refractivity contribution >= 4 is 41.0 Å². The van der Waals surface area contributed by atoms with Crippen molar-refractivity contribution in [3.63, 3.8) is 0 Å². The molecule has 0 N–H and O–H groups in total. The fraction of sp³-hybridized carbons (Fsp3) is 0.375. The van der Waals surface area contributed by atoms with E-state index in [1.54, 1.807) is 24.2 Å². The van der Waals surface area contributed by atoms with Crippen molar-refractivity contribution in [2.75, 3.05) is 56.3 Å². The maximum Gasteiger partial charge on any atom is 0.251 e. The van der Waals surface area contributed by atoms with Crippen LogP contribution in [0, 0.1) is 0 Å². The Hall–Kier alpha value is -2.15. The van der Waals surface area contributed by atoms with Crippen molar-refractivity contribution < 1.29 is 14.3 Å². The molecule has 0 spiro atoms. The first kappa shape index (κ1) is 22.1. The Morgan fingerprint density at radius 2 is 1.97 bits per heavy atom. The van der Waals surface area contributed by atoms with E-state index in [0.717, 1.165) is 42.9 Å². The zero-order chi connectivity index (χ0) is 21.6. The molecular weight excluding hydrogens is 432 g/mol. The van der Waals surface area contributed by atoms with E-state index in [0.29, 0.717) is 29.7 Å². The van der Waals surface area contributed by atoms with Crippen LogP contribution < -0.4 is 14.4 Å². The second kappa shape index (κ2) is 10.4. The lowest BCUT2D eigenvalue weighted by atomic mass is 10.1. The van der Waals surface area contributed by atoms with Gasteiger partial charge in [-0.3, -0.25) is 9.69 Å². The average molecular weight is 459 g/mol. The van der Waals surface area contributed by atoms with Gasteiger partial charge >= 0.3 is 0 Å². The van der Waals surface area contributed by atoms with Gasteiger partial charge < -0.3 is 14.4 Å². The summed E-state index contributed by atoms with van der Waals surface area (Å²) in [6.07, 6.45) is 4.14. The van der Waals surface area contributed by atoms with Crippen LogP contribution in [-0.2, 0) is 11.2 Å². The number of fused-ring (bicyclic) bond motifs is 1. The molecule has 4 rings (SSSR count). The van der Waals surface area contributed by atoms with Crippen molar-refractivity contribution in [1.29, 1.82) is 0 Å². The highest BCUT2D eigenvalue weighted by molar-refractivity contribution is 7.99. The third-order valence-corrected chi connectivity index (χ3v) is 6.89. The smallest absolute Gasteiger partial charge is 0.251 e. The van der Waals surface area contributed by atoms with Gasteiger partial charge in [0.1, 0.15) is 6.61 Å². The van der Waals surface area contributed by atoms with Gasteiger partial charge in [-0.15, -0.1) is 0 Å². The SMILES string of the molecule is COc1cc2c(cc1OCCN1CCSCC1)N(C(=O)/C=C/c1ccccc1Cl)CC2. The first-order chi connectivity index (χ1) is 15.2. The Morgan fingerprint density at radius 3 is 2.74 bits per heavy atom. The maximum atomic E-state index is 12.9. The topological polar surface area (TPSA) is 42.0 Å². The molecular formula is C24H27ClN2O3S. The predicted molar refractivity (Wildman–Crippen MR) is 129 cm³/mol. The molecule has 1 saturated heterocycles. The van der Waals surface area contributed by atoms with Gasteiger partial charge in [0.15, 0.2) is 11.5 Å². The molecule has 0 atom stereocenters. The molecule has 5 nitrogen and oxygen atoms in total. The number of rotatable bonds is 7. The van der Waals surface area contributed by atoms with Crippen LogP contribution in [0.3, 0.4) is 0 Å². The number of anilines is 1. The number of hydrogen-bond acceptors (Lipinski definition) is 5. The molecule has 2 aliphatic rings. The Morgan fingerprint density at radius 1 is 1.16 bits per heavy atom. The number of carbonyl (C=O) groups excluding carboxylic acids is 1. The number of hydrogen-bond donors (Lipinski definition) is 0. The van der Waals surface area contributed by atoms with E-state index in [2.05, 4.69) is 4.90 Å². The summed E-state index contributed by atoms with van der Waals surface area (Å²) in [6, 6.07) is 11.4. The predicted octanol–water partition coefficient (Wildman–Crippen LogP) is 4.38. The highest BCUT2D eigenvalue weighted by atomic mass is 35.5. The van der Waals surface area contributed by atoms with Crippen LogP contribution in [0.4, 0.5) is 5.69 Å². The Kier molecular flexibility index (Phi) is 7.43. The van der Waals surface area contributed by atoms with Gasteiger partial charge in [-0.25, -0.2) is 0 Å². The van der Waals surface area contributed by atoms with Crippen LogP contribution in [0.5, 0.6) is 11.5 Å². The summed E-state index contributed by atoms with van der Waals surface area (Å²) in [5.41, 5.74) is 2.81. The molecule has 0 saturated carbocycles. The number of carbonyl (C=O) groups is 1. The molecule has 0 aliphatic carbocycles. The molecule has 31 heavy (non-hydrogen) atoms. The second-order valence-electron chi connectivity index (χ2n) is 7.53. The fourth-order valence-electron chi connectivity index (χ4n) is 3.87. The van der Waals surface area contributed by atoms with Crippen LogP contribution in [0.1, 0.15) is 11.1 Å². The van der Waals surface area contributed by atoms with E-state index in [4.69, 9.17) is 21.1 Å². The lowest BCUT2D eigenvalue weighted by Gasteiger charge is -2.26. The largest absolute Gasteiger partial charge is 0.493 e. The van der Waals surface area contributed by atoms with E-state index in [1.807, 2.05) is 48.2 Å². The number of thioether (sulfide) groups is 1. The van der Waals surface area contributed by atoms with E-state index in [-0.39, 0.29) is 5.91 Å². The summed E-state index contributed by atoms with van der Waals surface area (Å²) in [5, 5.41) is 0.626. The van der Waals surface area contributed by atoms with Crippen LogP contribution >= 0.6 is 23.4 Å². The zero-order valence-corrected chi connectivity index (χ0v) is 19.3. The molecule has 0 unspecified atom stereocenters. The standard InChI is InChI=1S/C24H27ClN2O3S/c1-29-22-16-19-8-9-27(24(28)7-6-18-4-2-3-5-20(18)25)21(19)17-23(22)30-13-10-26-11-14-31-15-12-26/h2-7,16-17H,8-15H2,1H3/b7-6+. The Bertz CT molecular complexity index is 960. The molecule has 1 fully saturated rings. The van der Waals surface area contributed by atoms with Gasteiger partial charge in [0.2, 0.25) is 0 Å². The van der Waals surface area contributed by atoms with Gasteiger partial charge in [0.25, 0.3) is 5.91 Å². The van der Waals surface area contributed by atoms with Crippen LogP contribution in [0.2, 0.25) is 5.02 Å². The first-order valence-corrected chi connectivity index (χ1v) is 12.1. The third kappa shape index (κ3) is 5.37. The van der Waals surface area contributed by atoms with Gasteiger partial charge in [-0.1, -0.05) is 29.8 Å². The molecule has 0 radical (unpaired) electrons. The van der Waals surface area contributed by atoms with Gasteiger partial charge in [0.05, 0.1) is 12.8 Å². The molecule has 2 heterocycles. The second-order valence-corrected chi connectivity index (χ2v) is 9.16. The summed E-state index contributed by atoms with van der Waals surface area (Å²) in [7, 11) is 1.65. The minimum absolute atomic E-state index is 0.0689. The highest BCUT2D eigenvalue weighted by Crippen LogP contribution is 2.39. The minimum Gasteiger partial charge on any atom is -0.493 e. The molecule has 7 heteroatoms. The van der Waals surface area contributed by atoms with Crippen molar-refractivity contribution in [3.05, 3.63) is 58.6 Å². The summed E-state index contributed by atoms with van der Waals surface area (Å²) >= 11 is 8.20. The zero-order valence-electron chi connectivity index (χ0n) is 17.7. The van der Waals surface area contributed by atoms with Crippen LogP contribution in [0.15, 0.2) is 42.5 Å². The first-order valence-electron chi connectivity index (χ1n) is 10.5. The monoisotopic (exact) mass is 458 g/mol. The van der Waals surface area contributed by atoms with E-state index in [9.17, 15) is 4.79 Å². The molecule has 2 aromatic carbocycles. The van der Waals surface area contributed by atoms with Crippen LogP contribution in [-0.4, -0.2) is 62.2 Å². The lowest BCUT2D eigenvalue weighted by Crippen LogP contribution is -2.35. The molecule has 0 aromatic heterocycles. The number of benzene rings is 2. The normalized spacial score (nSPS) is 16.5. The number of ether oxygens (including phenoxy) is 2. The summed E-state index contributed by atoms with van der Waals surface area (Å²) in [6.45, 7) is 4.34. The quantitative estimate of drug-likeness (QED) is 0.576. The van der Waals surface area contributed by atoms with Gasteiger partial charge in [-0.05, 0) is 35.8 Å². The Labute approximate surface area is 193 Å². The van der Waals surface area contributed by atoms with Crippen molar-refractivity contribution in [1.82, 2.24) is 4.90 Å². The summed E-state index contributed by atoms with van der Waals surface area (Å²) < 4.78 is 11.6. The maximum absolute atomic E-state index is 12.9. The van der Waals surface area contributed by atoms with Gasteiger partial charge in [-0.2, -0.15) is 11.8 Å². The van der Waals surface area contributed by atoms with Crippen molar-refractivity contribution in [2.45, 2.75) is 6.42 Å². The van der Waals surface area contributed by atoms with Crippen LogP contribution in [0.25, 0.3) is 6.08 Å². The average Bonchev–Trinajstić information content (AvgIpc) is 3.21. The molecule has 164 valence electrons.